The van der Waals surface area contributed by atoms with Crippen LogP contribution in [0.1, 0.15) is 31.2 Å². The van der Waals surface area contributed by atoms with Crippen molar-refractivity contribution in [2.45, 2.75) is 31.7 Å². The molecule has 21 heavy (non-hydrogen) atoms. The fourth-order valence-electron chi connectivity index (χ4n) is 4.09. The second-order valence-electron chi connectivity index (χ2n) is 6.35. The van der Waals surface area contributed by atoms with Crippen molar-refractivity contribution < 1.29 is 0 Å². The lowest BCUT2D eigenvalue weighted by atomic mass is 9.94. The normalized spacial score (nSPS) is 27.1. The molecule has 2 bridgehead atoms. The third-order valence-electron chi connectivity index (χ3n) is 5.11. The summed E-state index contributed by atoms with van der Waals surface area (Å²) in [5, 5.41) is 4.87. The maximum absolute atomic E-state index is 5.91. The van der Waals surface area contributed by atoms with E-state index in [9.17, 15) is 0 Å². The molecule has 2 aliphatic carbocycles. The van der Waals surface area contributed by atoms with Crippen molar-refractivity contribution in [3.63, 3.8) is 0 Å². The van der Waals surface area contributed by atoms with Crippen molar-refractivity contribution in [3.8, 4) is 0 Å². The van der Waals surface area contributed by atoms with Crippen molar-refractivity contribution >= 4 is 33.8 Å². The Morgan fingerprint density at radius 1 is 1.24 bits per heavy atom. The number of anilines is 1. The highest BCUT2D eigenvalue weighted by Crippen LogP contribution is 2.46. The number of nitrogens with two attached hydrogens (primary N) is 1. The molecule has 3 nitrogen and oxygen atoms in total. The quantitative estimate of drug-likeness (QED) is 0.852. The molecule has 1 aromatic heterocycles. The Morgan fingerprint density at radius 3 is 2.81 bits per heavy atom. The molecule has 4 heteroatoms. The van der Waals surface area contributed by atoms with E-state index in [2.05, 4.69) is 16.4 Å². The summed E-state index contributed by atoms with van der Waals surface area (Å²) < 4.78 is 0. The van der Waals surface area contributed by atoms with Gasteiger partial charge in [0.25, 0.3) is 0 Å². The van der Waals surface area contributed by atoms with Gasteiger partial charge in [-0.1, -0.05) is 36.8 Å². The standard InChI is InChI=1S/C17H19N3S/c18-17(21)13-9-19-14-4-2-1-3-12(14)16(13)20-15-8-10-5-6-11(15)7-10/h1-4,9-11,15H,5-8H2,(H2,18,21)(H,19,20). The molecule has 3 N–H and O–H groups in total. The van der Waals surface area contributed by atoms with E-state index in [1.807, 2.05) is 18.2 Å². The Hall–Kier alpha value is -1.68. The van der Waals surface area contributed by atoms with Gasteiger partial charge in [-0.3, -0.25) is 4.98 Å². The minimum atomic E-state index is 0.416. The molecule has 0 radical (unpaired) electrons. The van der Waals surface area contributed by atoms with Crippen LogP contribution in [0.2, 0.25) is 0 Å². The summed E-state index contributed by atoms with van der Waals surface area (Å²) in [6, 6.07) is 8.74. The number of benzene rings is 1. The van der Waals surface area contributed by atoms with Crippen LogP contribution in [0.15, 0.2) is 30.5 Å². The first-order valence-electron chi connectivity index (χ1n) is 7.66. The van der Waals surface area contributed by atoms with Crippen LogP contribution in [0, 0.1) is 11.8 Å². The Labute approximate surface area is 129 Å². The summed E-state index contributed by atoms with van der Waals surface area (Å²) in [6.07, 6.45) is 7.22. The summed E-state index contributed by atoms with van der Waals surface area (Å²) in [5.41, 5.74) is 8.84. The first-order chi connectivity index (χ1) is 10.2. The summed E-state index contributed by atoms with van der Waals surface area (Å²) in [4.78, 5) is 4.89. The van der Waals surface area contributed by atoms with Crippen LogP contribution in [0.25, 0.3) is 10.9 Å². The summed E-state index contributed by atoms with van der Waals surface area (Å²) in [5.74, 6) is 1.72. The summed E-state index contributed by atoms with van der Waals surface area (Å²) >= 11 is 5.22. The van der Waals surface area contributed by atoms with Crippen LogP contribution >= 0.6 is 12.2 Å². The van der Waals surface area contributed by atoms with Crippen molar-refractivity contribution in [1.82, 2.24) is 4.98 Å². The Morgan fingerprint density at radius 2 is 2.10 bits per heavy atom. The van der Waals surface area contributed by atoms with Gasteiger partial charge in [0.05, 0.1) is 16.8 Å². The van der Waals surface area contributed by atoms with Gasteiger partial charge >= 0.3 is 0 Å². The van der Waals surface area contributed by atoms with E-state index >= 15 is 0 Å². The highest BCUT2D eigenvalue weighted by Gasteiger charge is 2.39. The molecule has 1 heterocycles. The average Bonchev–Trinajstić information content (AvgIpc) is 3.10. The third kappa shape index (κ3) is 2.18. The van der Waals surface area contributed by atoms with Crippen LogP contribution in [-0.4, -0.2) is 16.0 Å². The zero-order valence-corrected chi connectivity index (χ0v) is 12.7. The topological polar surface area (TPSA) is 50.9 Å². The Bertz CT molecular complexity index is 712. The van der Waals surface area contributed by atoms with Gasteiger partial charge in [-0.2, -0.15) is 0 Å². The number of rotatable bonds is 3. The molecular formula is C17H19N3S. The van der Waals surface area contributed by atoms with Gasteiger partial charge in [-0.25, -0.2) is 0 Å². The van der Waals surface area contributed by atoms with E-state index in [0.717, 1.165) is 34.0 Å². The first kappa shape index (κ1) is 13.0. The number of thiocarbonyl (C=S) groups is 1. The molecular weight excluding hydrogens is 278 g/mol. The zero-order chi connectivity index (χ0) is 14.4. The fraction of sp³-hybridized carbons (Fsp3) is 0.412. The van der Waals surface area contributed by atoms with Gasteiger partial charge in [0.15, 0.2) is 0 Å². The summed E-state index contributed by atoms with van der Waals surface area (Å²) in [7, 11) is 0. The number of aromatic nitrogens is 1. The van der Waals surface area contributed by atoms with E-state index in [4.69, 9.17) is 18.0 Å². The van der Waals surface area contributed by atoms with E-state index in [1.165, 1.54) is 25.7 Å². The average molecular weight is 297 g/mol. The number of pyridine rings is 1. The molecule has 0 amide bonds. The Balaban J connectivity index is 1.78. The number of hydrogen-bond donors (Lipinski definition) is 2. The molecule has 2 saturated carbocycles. The summed E-state index contributed by atoms with van der Waals surface area (Å²) in [6.45, 7) is 0. The molecule has 4 rings (SSSR count). The second kappa shape index (κ2) is 4.95. The highest BCUT2D eigenvalue weighted by molar-refractivity contribution is 7.80. The molecule has 3 unspecified atom stereocenters. The van der Waals surface area contributed by atoms with Crippen LogP contribution in [0.4, 0.5) is 5.69 Å². The van der Waals surface area contributed by atoms with Gasteiger partial charge in [-0.15, -0.1) is 0 Å². The van der Waals surface area contributed by atoms with Gasteiger partial charge in [0.2, 0.25) is 0 Å². The number of fused-ring (bicyclic) bond motifs is 3. The minimum Gasteiger partial charge on any atom is -0.389 e. The number of nitrogens with zero attached hydrogens (tertiary/aromatic N) is 1. The molecule has 108 valence electrons. The molecule has 0 aliphatic heterocycles. The maximum Gasteiger partial charge on any atom is 0.107 e. The first-order valence-corrected chi connectivity index (χ1v) is 8.07. The second-order valence-corrected chi connectivity index (χ2v) is 6.79. The van der Waals surface area contributed by atoms with Crippen molar-refractivity contribution in [2.75, 3.05) is 5.32 Å². The van der Waals surface area contributed by atoms with Crippen molar-refractivity contribution in [3.05, 3.63) is 36.0 Å². The number of para-hydroxylation sites is 1. The lowest BCUT2D eigenvalue weighted by Crippen LogP contribution is -2.27. The molecule has 2 fully saturated rings. The van der Waals surface area contributed by atoms with E-state index < -0.39 is 0 Å². The molecule has 0 saturated heterocycles. The van der Waals surface area contributed by atoms with Gasteiger partial charge in [0, 0.05) is 17.6 Å². The Kier molecular flexibility index (Phi) is 3.07. The molecule has 3 atom stereocenters. The van der Waals surface area contributed by atoms with Crippen molar-refractivity contribution in [1.29, 1.82) is 0 Å². The van der Waals surface area contributed by atoms with Gasteiger partial charge in [0.1, 0.15) is 4.99 Å². The molecule has 1 aromatic carbocycles. The van der Waals surface area contributed by atoms with Crippen LogP contribution in [0.5, 0.6) is 0 Å². The highest BCUT2D eigenvalue weighted by atomic mass is 32.1. The van der Waals surface area contributed by atoms with E-state index in [1.54, 1.807) is 6.20 Å². The monoisotopic (exact) mass is 297 g/mol. The lowest BCUT2D eigenvalue weighted by Gasteiger charge is -2.26. The maximum atomic E-state index is 5.91. The molecule has 2 aromatic rings. The predicted molar refractivity (Wildman–Crippen MR) is 90.5 cm³/mol. The van der Waals surface area contributed by atoms with Crippen LogP contribution < -0.4 is 11.1 Å². The lowest BCUT2D eigenvalue weighted by molar-refractivity contribution is 0.440. The number of hydrogen-bond acceptors (Lipinski definition) is 3. The van der Waals surface area contributed by atoms with Crippen LogP contribution in [-0.2, 0) is 0 Å². The third-order valence-corrected chi connectivity index (χ3v) is 5.33. The predicted octanol–water partition coefficient (Wildman–Crippen LogP) is 3.47. The molecule has 2 aliphatic rings. The van der Waals surface area contributed by atoms with Crippen molar-refractivity contribution in [2.24, 2.45) is 17.6 Å². The molecule has 0 spiro atoms. The number of nitrogens with one attached hydrogen (secondary N) is 1. The van der Waals surface area contributed by atoms with E-state index in [-0.39, 0.29) is 0 Å². The van der Waals surface area contributed by atoms with Gasteiger partial charge in [-0.05, 0) is 37.2 Å². The zero-order valence-electron chi connectivity index (χ0n) is 11.9. The largest absolute Gasteiger partial charge is 0.389 e. The fourth-order valence-corrected chi connectivity index (χ4v) is 4.25. The minimum absolute atomic E-state index is 0.416. The SMILES string of the molecule is NC(=S)c1cnc2ccccc2c1NC1CC2CCC1C2. The smallest absolute Gasteiger partial charge is 0.107 e. The van der Waals surface area contributed by atoms with Gasteiger partial charge < -0.3 is 11.1 Å². The van der Waals surface area contributed by atoms with Crippen LogP contribution in [0.3, 0.4) is 0 Å². The van der Waals surface area contributed by atoms with E-state index in [0.29, 0.717) is 11.0 Å².